The second-order valence-corrected chi connectivity index (χ2v) is 12.7. The molecule has 0 atom stereocenters. The van der Waals surface area contributed by atoms with Gasteiger partial charge in [-0.1, -0.05) is 140 Å². The van der Waals surface area contributed by atoms with Crippen molar-refractivity contribution in [2.45, 2.75) is 0 Å². The second kappa shape index (κ2) is 11.5. The van der Waals surface area contributed by atoms with Crippen molar-refractivity contribution in [1.82, 2.24) is 9.13 Å². The molecule has 2 heterocycles. The van der Waals surface area contributed by atoms with Gasteiger partial charge < -0.3 is 9.13 Å². The van der Waals surface area contributed by atoms with Gasteiger partial charge in [-0.25, -0.2) is 0 Å². The molecule has 2 heteroatoms. The van der Waals surface area contributed by atoms with E-state index in [1.165, 1.54) is 5.56 Å². The molecule has 0 radical (unpaired) electrons. The van der Waals surface area contributed by atoms with Crippen LogP contribution in [0.3, 0.4) is 0 Å². The highest BCUT2D eigenvalue weighted by Gasteiger charge is 2.18. The van der Waals surface area contributed by atoms with E-state index in [9.17, 15) is 4.11 Å². The number of fused-ring (bicyclic) bond motifs is 6. The largest absolute Gasteiger partial charge is 0.309 e. The predicted molar refractivity (Wildman–Crippen MR) is 211 cm³/mol. The molecule has 0 bridgehead atoms. The molecule has 0 saturated carbocycles. The Morgan fingerprint density at radius 3 is 1.72 bits per heavy atom. The normalized spacial score (nSPS) is 12.4. The summed E-state index contributed by atoms with van der Waals surface area (Å²) >= 11 is 0. The minimum absolute atomic E-state index is 0.0448. The predicted octanol–water partition coefficient (Wildman–Crippen LogP) is 12.9. The zero-order valence-electron chi connectivity index (χ0n) is 30.1. The Labute approximate surface area is 294 Å². The van der Waals surface area contributed by atoms with E-state index in [-0.39, 0.29) is 18.1 Å². The summed E-state index contributed by atoms with van der Waals surface area (Å²) in [6.07, 6.45) is 0. The van der Waals surface area contributed by atoms with Gasteiger partial charge in [0.05, 0.1) is 26.2 Å². The van der Waals surface area contributed by atoms with Crippen LogP contribution in [0.4, 0.5) is 0 Å². The average Bonchev–Trinajstić information content (AvgIpc) is 3.75. The topological polar surface area (TPSA) is 9.86 Å². The van der Waals surface area contributed by atoms with Crippen LogP contribution in [0.15, 0.2) is 194 Å². The summed E-state index contributed by atoms with van der Waals surface area (Å²) in [5, 5.41) is 3.70. The summed E-state index contributed by atoms with van der Waals surface area (Å²) in [7, 11) is 0. The lowest BCUT2D eigenvalue weighted by molar-refractivity contribution is 1.18. The Kier molecular flexibility index (Phi) is 5.84. The van der Waals surface area contributed by atoms with E-state index in [2.05, 4.69) is 112 Å². The lowest BCUT2D eigenvalue weighted by atomic mass is 9.99. The van der Waals surface area contributed by atoms with E-state index in [0.29, 0.717) is 16.5 Å². The molecule has 0 aliphatic rings. The van der Waals surface area contributed by atoms with E-state index in [1.54, 1.807) is 0 Å². The SMILES string of the molecule is [2H]c1c(-c2ccc3c(c2)c2ccccc2n3-c2ccc(-c3ccccc3)cc2)c([2H])c2c3cccc(-c4ccccc4)c3n(-c3ccccc3)c2c1[2H]. The van der Waals surface area contributed by atoms with Gasteiger partial charge in [-0.15, -0.1) is 0 Å². The average molecular weight is 640 g/mol. The van der Waals surface area contributed by atoms with Crippen LogP contribution in [0.5, 0.6) is 0 Å². The molecule has 0 fully saturated rings. The summed E-state index contributed by atoms with van der Waals surface area (Å²) in [6, 6.07) is 60.5. The Hall–Kier alpha value is -6.64. The van der Waals surface area contributed by atoms with Crippen molar-refractivity contribution < 1.29 is 4.11 Å². The van der Waals surface area contributed by atoms with Gasteiger partial charge in [0.1, 0.15) is 0 Å². The molecule has 0 spiro atoms. The van der Waals surface area contributed by atoms with Crippen LogP contribution < -0.4 is 0 Å². The molecule has 0 saturated heterocycles. The Bertz CT molecular complexity index is 3000. The Morgan fingerprint density at radius 2 is 0.940 bits per heavy atom. The summed E-state index contributed by atoms with van der Waals surface area (Å²) in [5.41, 5.74) is 11.2. The van der Waals surface area contributed by atoms with Crippen molar-refractivity contribution in [2.24, 2.45) is 0 Å². The zero-order chi connectivity index (χ0) is 35.6. The molecule has 0 amide bonds. The maximum Gasteiger partial charge on any atom is 0.0645 e. The number of benzene rings is 8. The van der Waals surface area contributed by atoms with Crippen LogP contribution >= 0.6 is 0 Å². The maximum atomic E-state index is 9.83. The summed E-state index contributed by atoms with van der Waals surface area (Å²) in [6.45, 7) is 0. The first-order valence-electron chi connectivity index (χ1n) is 18.5. The lowest BCUT2D eigenvalue weighted by Gasteiger charge is -2.12. The van der Waals surface area contributed by atoms with Crippen molar-refractivity contribution in [3.8, 4) is 44.8 Å². The van der Waals surface area contributed by atoms with E-state index >= 15 is 0 Å². The van der Waals surface area contributed by atoms with E-state index in [0.717, 1.165) is 66.3 Å². The second-order valence-electron chi connectivity index (χ2n) is 12.7. The standard InChI is InChI=1S/C48H32N2/c1-4-13-33(14-5-1)34-23-27-39(28-24-34)49-45-22-11-10-19-41(45)43-31-36(25-29-46(43)49)37-26-30-47-44(32-37)42-21-12-20-40(35-15-6-2-7-16-35)48(42)50(47)38-17-8-3-9-18-38/h1-32H/i26D,30D,32D. The highest BCUT2D eigenvalue weighted by atomic mass is 15.0. The van der Waals surface area contributed by atoms with Gasteiger partial charge in [0.2, 0.25) is 0 Å². The molecule has 10 rings (SSSR count). The number of rotatable bonds is 5. The van der Waals surface area contributed by atoms with Crippen LogP contribution in [0.2, 0.25) is 0 Å². The summed E-state index contributed by atoms with van der Waals surface area (Å²) in [5.74, 6) is 0. The highest BCUT2D eigenvalue weighted by Crippen LogP contribution is 2.41. The first-order chi connectivity index (χ1) is 26.1. The minimum atomic E-state index is 0.0448. The molecule has 0 N–H and O–H groups in total. The number of hydrogen-bond acceptors (Lipinski definition) is 0. The van der Waals surface area contributed by atoms with Gasteiger partial charge in [-0.05, 0) is 82.4 Å². The third-order valence-electron chi connectivity index (χ3n) is 9.84. The summed E-state index contributed by atoms with van der Waals surface area (Å²) < 4.78 is 33.2. The first kappa shape index (κ1) is 25.4. The highest BCUT2D eigenvalue weighted by molar-refractivity contribution is 6.15. The van der Waals surface area contributed by atoms with E-state index in [1.807, 2.05) is 72.8 Å². The monoisotopic (exact) mass is 639 g/mol. The zero-order valence-corrected chi connectivity index (χ0v) is 27.1. The lowest BCUT2D eigenvalue weighted by Crippen LogP contribution is -1.95. The maximum absolute atomic E-state index is 9.83. The van der Waals surface area contributed by atoms with Crippen molar-refractivity contribution in [2.75, 3.05) is 0 Å². The fourth-order valence-electron chi connectivity index (χ4n) is 7.53. The Morgan fingerprint density at radius 1 is 0.340 bits per heavy atom. The van der Waals surface area contributed by atoms with Crippen LogP contribution in [0, 0.1) is 0 Å². The molecule has 50 heavy (non-hydrogen) atoms. The molecule has 2 aromatic heterocycles. The number of para-hydroxylation sites is 3. The van der Waals surface area contributed by atoms with Gasteiger partial charge in [0.15, 0.2) is 0 Å². The van der Waals surface area contributed by atoms with Crippen molar-refractivity contribution in [3.63, 3.8) is 0 Å². The molecule has 2 nitrogen and oxygen atoms in total. The number of aromatic nitrogens is 2. The van der Waals surface area contributed by atoms with Gasteiger partial charge in [0, 0.05) is 38.5 Å². The van der Waals surface area contributed by atoms with Gasteiger partial charge in [0.25, 0.3) is 0 Å². The van der Waals surface area contributed by atoms with Crippen molar-refractivity contribution in [1.29, 1.82) is 0 Å². The van der Waals surface area contributed by atoms with Gasteiger partial charge in [-0.3, -0.25) is 0 Å². The molecule has 10 aromatic rings. The van der Waals surface area contributed by atoms with Crippen LogP contribution in [-0.4, -0.2) is 9.13 Å². The fourth-order valence-corrected chi connectivity index (χ4v) is 7.53. The quantitative estimate of drug-likeness (QED) is 0.177. The van der Waals surface area contributed by atoms with Gasteiger partial charge >= 0.3 is 0 Å². The molecule has 0 unspecified atom stereocenters. The molecule has 0 aliphatic heterocycles. The van der Waals surface area contributed by atoms with Crippen molar-refractivity contribution in [3.05, 3.63) is 194 Å². The first-order valence-corrected chi connectivity index (χ1v) is 17.0. The van der Waals surface area contributed by atoms with E-state index < -0.39 is 0 Å². The number of nitrogens with zero attached hydrogens (tertiary/aromatic N) is 2. The third-order valence-corrected chi connectivity index (χ3v) is 9.84. The van der Waals surface area contributed by atoms with E-state index in [4.69, 9.17) is 0 Å². The van der Waals surface area contributed by atoms with Gasteiger partial charge in [-0.2, -0.15) is 0 Å². The van der Waals surface area contributed by atoms with Crippen molar-refractivity contribution >= 4 is 43.6 Å². The smallest absolute Gasteiger partial charge is 0.0645 e. The fraction of sp³-hybridized carbons (Fsp3) is 0. The number of hydrogen-bond donors (Lipinski definition) is 0. The molecule has 234 valence electrons. The van der Waals surface area contributed by atoms with Crippen LogP contribution in [0.25, 0.3) is 88.4 Å². The van der Waals surface area contributed by atoms with Crippen LogP contribution in [0.1, 0.15) is 4.11 Å². The minimum Gasteiger partial charge on any atom is -0.309 e. The molecular formula is C48H32N2. The molecule has 8 aromatic carbocycles. The third kappa shape index (κ3) is 4.50. The summed E-state index contributed by atoms with van der Waals surface area (Å²) in [4.78, 5) is 0. The molecular weight excluding hydrogens is 605 g/mol. The van der Waals surface area contributed by atoms with Crippen LogP contribution in [-0.2, 0) is 0 Å². The Balaban J connectivity index is 1.21. The molecule has 0 aliphatic carbocycles.